The van der Waals surface area contributed by atoms with Crippen molar-refractivity contribution in [1.29, 1.82) is 0 Å². The third-order valence-electron chi connectivity index (χ3n) is 2.46. The second-order valence-corrected chi connectivity index (χ2v) is 4.93. The zero-order chi connectivity index (χ0) is 14.1. The van der Waals surface area contributed by atoms with E-state index in [2.05, 4.69) is 6.08 Å². The predicted octanol–water partition coefficient (Wildman–Crippen LogP) is 3.46. The predicted molar refractivity (Wildman–Crippen MR) is 74.4 cm³/mol. The van der Waals surface area contributed by atoms with Crippen LogP contribution in [0.3, 0.4) is 0 Å². The van der Waals surface area contributed by atoms with Gasteiger partial charge in [0.1, 0.15) is 0 Å². The van der Waals surface area contributed by atoms with Crippen LogP contribution in [0.2, 0.25) is 0 Å². The van der Waals surface area contributed by atoms with Crippen LogP contribution in [0.15, 0.2) is 34.9 Å². The summed E-state index contributed by atoms with van der Waals surface area (Å²) in [5.41, 5.74) is 3.09. The lowest BCUT2D eigenvalue weighted by atomic mass is 10.0. The minimum Gasteiger partial charge on any atom is -0.478 e. The van der Waals surface area contributed by atoms with Crippen LogP contribution < -0.4 is 0 Å². The number of allylic oxidation sites excluding steroid dienone is 3. The van der Waals surface area contributed by atoms with Crippen LogP contribution in [0.1, 0.15) is 47.0 Å². The fourth-order valence-corrected chi connectivity index (χ4v) is 1.69. The van der Waals surface area contributed by atoms with Gasteiger partial charge < -0.3 is 10.2 Å². The van der Waals surface area contributed by atoms with E-state index in [-0.39, 0.29) is 0 Å². The van der Waals surface area contributed by atoms with Gasteiger partial charge in [-0.25, -0.2) is 4.79 Å². The van der Waals surface area contributed by atoms with E-state index >= 15 is 0 Å². The van der Waals surface area contributed by atoms with Crippen LogP contribution in [-0.2, 0) is 4.79 Å². The molecule has 1 atom stereocenters. The summed E-state index contributed by atoms with van der Waals surface area (Å²) >= 11 is 0. The highest BCUT2D eigenvalue weighted by atomic mass is 16.4. The van der Waals surface area contributed by atoms with Crippen molar-refractivity contribution < 1.29 is 15.0 Å². The summed E-state index contributed by atoms with van der Waals surface area (Å²) in [5.74, 6) is -0.896. The van der Waals surface area contributed by atoms with E-state index in [1.54, 1.807) is 0 Å². The average Bonchev–Trinajstić information content (AvgIpc) is 2.13. The van der Waals surface area contributed by atoms with Crippen molar-refractivity contribution in [3.05, 3.63) is 34.9 Å². The average molecular weight is 252 g/mol. The molecule has 0 unspecified atom stereocenters. The van der Waals surface area contributed by atoms with Crippen molar-refractivity contribution in [2.24, 2.45) is 0 Å². The zero-order valence-corrected chi connectivity index (χ0v) is 11.7. The summed E-state index contributed by atoms with van der Waals surface area (Å²) in [6, 6.07) is 0. The van der Waals surface area contributed by atoms with Crippen LogP contribution in [0.5, 0.6) is 0 Å². The Morgan fingerprint density at radius 2 is 1.78 bits per heavy atom. The molecule has 0 bridgehead atoms. The van der Waals surface area contributed by atoms with E-state index in [1.165, 1.54) is 6.08 Å². The summed E-state index contributed by atoms with van der Waals surface area (Å²) in [7, 11) is 0. The molecule has 0 radical (unpaired) electrons. The van der Waals surface area contributed by atoms with Crippen LogP contribution >= 0.6 is 0 Å². The van der Waals surface area contributed by atoms with Gasteiger partial charge in [-0.15, -0.1) is 0 Å². The molecule has 0 amide bonds. The number of hydrogen-bond acceptors (Lipinski definition) is 2. The SMILES string of the molecule is CC(C)=C[C@H](O)C/C(C)=C/CC/C(C)=C/C(=O)O. The monoisotopic (exact) mass is 252 g/mol. The molecule has 0 aliphatic rings. The van der Waals surface area contributed by atoms with Crippen molar-refractivity contribution in [3.63, 3.8) is 0 Å². The maximum Gasteiger partial charge on any atom is 0.328 e. The number of hydrogen-bond donors (Lipinski definition) is 2. The summed E-state index contributed by atoms with van der Waals surface area (Å²) in [5, 5.41) is 18.3. The molecular formula is C15H24O3. The van der Waals surface area contributed by atoms with E-state index in [1.807, 2.05) is 33.8 Å². The van der Waals surface area contributed by atoms with Crippen molar-refractivity contribution in [2.45, 2.75) is 53.1 Å². The Balaban J connectivity index is 4.13. The Bertz CT molecular complexity index is 358. The third kappa shape index (κ3) is 9.85. The molecule has 0 saturated heterocycles. The Labute approximate surface area is 110 Å². The molecule has 0 aromatic carbocycles. The third-order valence-corrected chi connectivity index (χ3v) is 2.46. The lowest BCUT2D eigenvalue weighted by molar-refractivity contribution is -0.131. The molecule has 2 N–H and O–H groups in total. The number of aliphatic carboxylic acids is 1. The van der Waals surface area contributed by atoms with Crippen LogP contribution in [0.25, 0.3) is 0 Å². The van der Waals surface area contributed by atoms with Crippen molar-refractivity contribution >= 4 is 5.97 Å². The molecule has 0 aromatic heterocycles. The van der Waals surface area contributed by atoms with E-state index < -0.39 is 12.1 Å². The summed E-state index contributed by atoms with van der Waals surface area (Å²) in [6.45, 7) is 7.72. The molecule has 0 fully saturated rings. The molecule has 0 heterocycles. The van der Waals surface area contributed by atoms with Gasteiger partial charge in [-0.3, -0.25) is 0 Å². The zero-order valence-electron chi connectivity index (χ0n) is 11.7. The van der Waals surface area contributed by atoms with Crippen LogP contribution in [-0.4, -0.2) is 22.3 Å². The molecule has 0 aliphatic carbocycles. The fraction of sp³-hybridized carbons (Fsp3) is 0.533. The van der Waals surface area contributed by atoms with Gasteiger partial charge in [0.05, 0.1) is 6.10 Å². The van der Waals surface area contributed by atoms with E-state index in [0.29, 0.717) is 6.42 Å². The van der Waals surface area contributed by atoms with Crippen molar-refractivity contribution in [1.82, 2.24) is 0 Å². The lowest BCUT2D eigenvalue weighted by Crippen LogP contribution is -2.03. The number of carboxylic acid groups (broad SMARTS) is 1. The second kappa shape index (κ2) is 8.70. The van der Waals surface area contributed by atoms with Gasteiger partial charge in [0.2, 0.25) is 0 Å². The molecule has 3 nitrogen and oxygen atoms in total. The minimum atomic E-state index is -0.896. The number of aliphatic hydroxyl groups is 1. The Morgan fingerprint density at radius 3 is 2.28 bits per heavy atom. The first-order valence-electron chi connectivity index (χ1n) is 6.20. The number of carboxylic acids is 1. The Morgan fingerprint density at radius 1 is 1.17 bits per heavy atom. The van der Waals surface area contributed by atoms with Gasteiger partial charge in [-0.2, -0.15) is 0 Å². The molecule has 3 heteroatoms. The van der Waals surface area contributed by atoms with Gasteiger partial charge in [-0.1, -0.05) is 28.9 Å². The maximum absolute atomic E-state index is 10.4. The quantitative estimate of drug-likeness (QED) is 0.539. The second-order valence-electron chi connectivity index (χ2n) is 4.93. The Hall–Kier alpha value is -1.35. The van der Waals surface area contributed by atoms with Crippen molar-refractivity contribution in [2.75, 3.05) is 0 Å². The molecule has 102 valence electrons. The normalized spacial score (nSPS) is 14.3. The van der Waals surface area contributed by atoms with Crippen molar-refractivity contribution in [3.8, 4) is 0 Å². The van der Waals surface area contributed by atoms with Gasteiger partial charge in [0.25, 0.3) is 0 Å². The molecule has 18 heavy (non-hydrogen) atoms. The molecule has 0 aliphatic heterocycles. The van der Waals surface area contributed by atoms with E-state index in [0.717, 1.165) is 29.6 Å². The van der Waals surface area contributed by atoms with Gasteiger partial charge >= 0.3 is 5.97 Å². The van der Waals surface area contributed by atoms with Gasteiger partial charge in [-0.05, 0) is 47.0 Å². The highest BCUT2D eigenvalue weighted by Gasteiger charge is 2.01. The molecule has 0 spiro atoms. The number of carbonyl (C=O) groups is 1. The molecular weight excluding hydrogens is 228 g/mol. The maximum atomic E-state index is 10.4. The fourth-order valence-electron chi connectivity index (χ4n) is 1.69. The summed E-state index contributed by atoms with van der Waals surface area (Å²) in [6.07, 6.45) is 6.88. The van der Waals surface area contributed by atoms with Crippen LogP contribution in [0.4, 0.5) is 0 Å². The molecule has 0 aromatic rings. The lowest BCUT2D eigenvalue weighted by Gasteiger charge is -2.07. The first-order chi connectivity index (χ1) is 8.31. The first kappa shape index (κ1) is 16.6. The topological polar surface area (TPSA) is 57.5 Å². The smallest absolute Gasteiger partial charge is 0.328 e. The van der Waals surface area contributed by atoms with Gasteiger partial charge in [0, 0.05) is 6.08 Å². The number of rotatable bonds is 7. The molecule has 0 saturated carbocycles. The Kier molecular flexibility index (Phi) is 8.05. The largest absolute Gasteiger partial charge is 0.478 e. The van der Waals surface area contributed by atoms with E-state index in [4.69, 9.17) is 5.11 Å². The summed E-state index contributed by atoms with van der Waals surface area (Å²) in [4.78, 5) is 10.4. The highest BCUT2D eigenvalue weighted by molar-refractivity contribution is 5.80. The van der Waals surface area contributed by atoms with E-state index in [9.17, 15) is 9.90 Å². The number of aliphatic hydroxyl groups excluding tert-OH is 1. The van der Waals surface area contributed by atoms with Gasteiger partial charge in [0.15, 0.2) is 0 Å². The summed E-state index contributed by atoms with van der Waals surface area (Å²) < 4.78 is 0. The highest BCUT2D eigenvalue weighted by Crippen LogP contribution is 2.11. The van der Waals surface area contributed by atoms with Crippen LogP contribution in [0, 0.1) is 0 Å². The first-order valence-corrected chi connectivity index (χ1v) is 6.20. The molecule has 0 rings (SSSR count). The standard InChI is InChI=1S/C15H24O3/c1-11(2)8-14(16)9-12(3)6-5-7-13(4)10-15(17)18/h6,8,10,14,16H,5,7,9H2,1-4H3,(H,17,18)/b12-6+,13-10+/t14-/m0/s1. The minimum absolute atomic E-state index is 0.429.